The molecule has 0 bridgehead atoms. The number of carboxylic acid groups (broad SMARTS) is 1. The summed E-state index contributed by atoms with van der Waals surface area (Å²) in [4.78, 5) is 23.2. The van der Waals surface area contributed by atoms with Crippen LogP contribution in [0.3, 0.4) is 0 Å². The first-order valence-corrected chi connectivity index (χ1v) is 6.55. The summed E-state index contributed by atoms with van der Waals surface area (Å²) in [6.45, 7) is 0. The molecule has 19 heavy (non-hydrogen) atoms. The van der Waals surface area contributed by atoms with Crippen LogP contribution >= 0.6 is 0 Å². The first-order valence-electron chi connectivity index (χ1n) is 6.55. The number of carboxylic acids is 1. The van der Waals surface area contributed by atoms with Crippen LogP contribution in [0.2, 0.25) is 0 Å². The molecule has 104 valence electrons. The molecule has 0 aliphatic heterocycles. The number of aromatic nitrogens is 2. The Labute approximate surface area is 111 Å². The van der Waals surface area contributed by atoms with Gasteiger partial charge in [0.25, 0.3) is 0 Å². The Morgan fingerprint density at radius 1 is 1.47 bits per heavy atom. The summed E-state index contributed by atoms with van der Waals surface area (Å²) < 4.78 is 1.72. The molecule has 1 heterocycles. The van der Waals surface area contributed by atoms with Gasteiger partial charge in [0.1, 0.15) is 5.54 Å². The average Bonchev–Trinajstić information content (AvgIpc) is 2.97. The molecule has 1 aliphatic carbocycles. The highest BCUT2D eigenvalue weighted by Gasteiger charge is 2.42. The van der Waals surface area contributed by atoms with E-state index in [4.69, 9.17) is 0 Å². The third kappa shape index (κ3) is 2.94. The third-order valence-corrected chi connectivity index (χ3v) is 3.78. The van der Waals surface area contributed by atoms with Crippen LogP contribution in [0.15, 0.2) is 12.3 Å². The molecule has 1 amide bonds. The number of amides is 1. The smallest absolute Gasteiger partial charge is 0.329 e. The molecule has 1 saturated carbocycles. The van der Waals surface area contributed by atoms with Gasteiger partial charge in [-0.2, -0.15) is 5.10 Å². The van der Waals surface area contributed by atoms with E-state index in [1.165, 1.54) is 0 Å². The van der Waals surface area contributed by atoms with E-state index in [0.29, 0.717) is 19.3 Å². The van der Waals surface area contributed by atoms with E-state index in [-0.39, 0.29) is 12.3 Å². The fourth-order valence-electron chi connectivity index (χ4n) is 2.59. The summed E-state index contributed by atoms with van der Waals surface area (Å²) in [7, 11) is 1.82. The number of aryl methyl sites for hydroxylation is 2. The monoisotopic (exact) mass is 265 g/mol. The van der Waals surface area contributed by atoms with Crippen molar-refractivity contribution in [3.8, 4) is 0 Å². The number of aliphatic carboxylic acids is 1. The Kier molecular flexibility index (Phi) is 3.87. The van der Waals surface area contributed by atoms with Gasteiger partial charge in [-0.25, -0.2) is 4.79 Å². The predicted molar refractivity (Wildman–Crippen MR) is 68.5 cm³/mol. The van der Waals surface area contributed by atoms with E-state index in [0.717, 1.165) is 18.5 Å². The minimum atomic E-state index is -1.04. The molecule has 0 radical (unpaired) electrons. The molecular formula is C13H19N3O3. The van der Waals surface area contributed by atoms with Crippen LogP contribution in [0.5, 0.6) is 0 Å². The number of carbonyl (C=O) groups excluding carboxylic acids is 1. The second-order valence-corrected chi connectivity index (χ2v) is 5.09. The second kappa shape index (κ2) is 5.42. The summed E-state index contributed by atoms with van der Waals surface area (Å²) in [5.74, 6) is -1.12. The summed E-state index contributed by atoms with van der Waals surface area (Å²) >= 11 is 0. The van der Waals surface area contributed by atoms with Gasteiger partial charge in [0.15, 0.2) is 0 Å². The molecule has 1 aromatic heterocycles. The first-order chi connectivity index (χ1) is 9.03. The van der Waals surface area contributed by atoms with Gasteiger partial charge in [0, 0.05) is 25.4 Å². The lowest BCUT2D eigenvalue weighted by molar-refractivity contribution is -0.147. The van der Waals surface area contributed by atoms with Crippen molar-refractivity contribution in [1.82, 2.24) is 15.1 Å². The van der Waals surface area contributed by atoms with Crippen LogP contribution in [-0.2, 0) is 23.1 Å². The first kappa shape index (κ1) is 13.6. The van der Waals surface area contributed by atoms with Crippen LogP contribution in [0, 0.1) is 0 Å². The lowest BCUT2D eigenvalue weighted by Crippen LogP contribution is -2.52. The quantitative estimate of drug-likeness (QED) is 0.827. The fourth-order valence-corrected chi connectivity index (χ4v) is 2.59. The third-order valence-electron chi connectivity index (χ3n) is 3.78. The molecule has 0 atom stereocenters. The topological polar surface area (TPSA) is 84.2 Å². The predicted octanol–water partition coefficient (Wildman–Crippen LogP) is 0.866. The fraction of sp³-hybridized carbons (Fsp3) is 0.615. The molecule has 2 rings (SSSR count). The van der Waals surface area contributed by atoms with Crippen molar-refractivity contribution in [2.45, 2.75) is 44.1 Å². The molecule has 2 N–H and O–H groups in total. The van der Waals surface area contributed by atoms with Crippen LogP contribution < -0.4 is 5.32 Å². The van der Waals surface area contributed by atoms with E-state index in [9.17, 15) is 14.7 Å². The minimum absolute atomic E-state index is 0.203. The largest absolute Gasteiger partial charge is 0.480 e. The second-order valence-electron chi connectivity index (χ2n) is 5.09. The summed E-state index contributed by atoms with van der Waals surface area (Å²) in [5.41, 5.74) is -0.0743. The Morgan fingerprint density at radius 2 is 2.16 bits per heavy atom. The molecule has 1 aliphatic rings. The van der Waals surface area contributed by atoms with Gasteiger partial charge in [-0.1, -0.05) is 12.8 Å². The van der Waals surface area contributed by atoms with Gasteiger partial charge in [0.05, 0.1) is 0 Å². The molecule has 1 aromatic rings. The lowest BCUT2D eigenvalue weighted by Gasteiger charge is -2.25. The number of carbonyl (C=O) groups is 2. The Hall–Kier alpha value is -1.85. The van der Waals surface area contributed by atoms with Crippen LogP contribution in [0.25, 0.3) is 0 Å². The summed E-state index contributed by atoms with van der Waals surface area (Å²) in [6.07, 6.45) is 5.30. The van der Waals surface area contributed by atoms with Crippen molar-refractivity contribution >= 4 is 11.9 Å². The normalized spacial score (nSPS) is 17.3. The lowest BCUT2D eigenvalue weighted by atomic mass is 9.97. The number of rotatable bonds is 5. The molecule has 6 nitrogen and oxygen atoms in total. The maximum Gasteiger partial charge on any atom is 0.329 e. The van der Waals surface area contributed by atoms with E-state index >= 15 is 0 Å². The summed E-state index contributed by atoms with van der Waals surface area (Å²) in [6, 6.07) is 1.86. The number of nitrogens with zero attached hydrogens (tertiary/aromatic N) is 2. The molecule has 1 fully saturated rings. The van der Waals surface area contributed by atoms with Crippen molar-refractivity contribution in [3.05, 3.63) is 18.0 Å². The van der Waals surface area contributed by atoms with Gasteiger partial charge in [0.2, 0.25) is 5.91 Å². The zero-order valence-electron chi connectivity index (χ0n) is 11.1. The van der Waals surface area contributed by atoms with E-state index in [2.05, 4.69) is 10.4 Å². The Morgan fingerprint density at radius 3 is 2.68 bits per heavy atom. The maximum absolute atomic E-state index is 11.9. The van der Waals surface area contributed by atoms with E-state index in [1.807, 2.05) is 13.1 Å². The highest BCUT2D eigenvalue weighted by Crippen LogP contribution is 2.30. The van der Waals surface area contributed by atoms with Crippen molar-refractivity contribution in [3.63, 3.8) is 0 Å². The highest BCUT2D eigenvalue weighted by molar-refractivity contribution is 5.87. The van der Waals surface area contributed by atoms with Crippen molar-refractivity contribution in [1.29, 1.82) is 0 Å². The minimum Gasteiger partial charge on any atom is -0.480 e. The summed E-state index contributed by atoms with van der Waals surface area (Å²) in [5, 5.41) is 16.0. The molecule has 0 unspecified atom stereocenters. The van der Waals surface area contributed by atoms with Crippen molar-refractivity contribution in [2.24, 2.45) is 7.05 Å². The maximum atomic E-state index is 11.9. The molecular weight excluding hydrogens is 246 g/mol. The zero-order valence-corrected chi connectivity index (χ0v) is 11.1. The number of hydrogen-bond donors (Lipinski definition) is 2. The number of nitrogens with one attached hydrogen (secondary N) is 1. The van der Waals surface area contributed by atoms with Crippen molar-refractivity contribution in [2.75, 3.05) is 0 Å². The Balaban J connectivity index is 1.90. The van der Waals surface area contributed by atoms with Crippen molar-refractivity contribution < 1.29 is 14.7 Å². The van der Waals surface area contributed by atoms with Crippen LogP contribution in [-0.4, -0.2) is 32.3 Å². The van der Waals surface area contributed by atoms with Gasteiger partial charge in [-0.05, 0) is 25.3 Å². The zero-order chi connectivity index (χ0) is 13.9. The highest BCUT2D eigenvalue weighted by atomic mass is 16.4. The molecule has 0 spiro atoms. The SMILES string of the molecule is Cn1nccc1CCC(=O)NC1(C(=O)O)CCCC1. The molecule has 0 aromatic carbocycles. The van der Waals surface area contributed by atoms with Gasteiger partial charge >= 0.3 is 5.97 Å². The van der Waals surface area contributed by atoms with E-state index in [1.54, 1.807) is 10.9 Å². The standard InChI is InChI=1S/C13H19N3O3/c1-16-10(6-9-14-16)4-5-11(17)15-13(12(18)19)7-2-3-8-13/h6,9H,2-5,7-8H2,1H3,(H,15,17)(H,18,19). The number of hydrogen-bond acceptors (Lipinski definition) is 3. The van der Waals surface area contributed by atoms with Gasteiger partial charge in [-0.3, -0.25) is 9.48 Å². The molecule has 0 saturated heterocycles. The van der Waals surface area contributed by atoms with Gasteiger partial charge < -0.3 is 10.4 Å². The van der Waals surface area contributed by atoms with Crippen LogP contribution in [0.1, 0.15) is 37.8 Å². The van der Waals surface area contributed by atoms with Gasteiger partial charge in [-0.15, -0.1) is 0 Å². The van der Waals surface area contributed by atoms with E-state index < -0.39 is 11.5 Å². The molecule has 6 heteroatoms. The Bertz CT molecular complexity index is 475. The van der Waals surface area contributed by atoms with Crippen LogP contribution in [0.4, 0.5) is 0 Å². The average molecular weight is 265 g/mol.